The zero-order chi connectivity index (χ0) is 15.5. The van der Waals surface area contributed by atoms with Gasteiger partial charge in [0, 0.05) is 12.6 Å². The van der Waals surface area contributed by atoms with Crippen molar-refractivity contribution >= 4 is 10.8 Å². The molecule has 0 saturated heterocycles. The van der Waals surface area contributed by atoms with E-state index >= 15 is 0 Å². The number of hydrogen-bond donors (Lipinski definition) is 1. The van der Waals surface area contributed by atoms with Gasteiger partial charge in [0.2, 0.25) is 0 Å². The van der Waals surface area contributed by atoms with E-state index in [1.807, 2.05) is 6.07 Å². The van der Waals surface area contributed by atoms with Crippen molar-refractivity contribution in [2.75, 3.05) is 7.05 Å². The van der Waals surface area contributed by atoms with Crippen LogP contribution in [0.25, 0.3) is 10.8 Å². The zero-order valence-electron chi connectivity index (χ0n) is 12.9. The molecule has 3 heteroatoms. The molecule has 1 heterocycles. The van der Waals surface area contributed by atoms with Crippen molar-refractivity contribution in [3.8, 4) is 5.75 Å². The summed E-state index contributed by atoms with van der Waals surface area (Å²) in [6.07, 6.45) is 1.49. The second-order valence-corrected chi connectivity index (χ2v) is 5.67. The Hall–Kier alpha value is -2.39. The predicted molar refractivity (Wildman–Crippen MR) is 89.7 cm³/mol. The van der Waals surface area contributed by atoms with E-state index in [9.17, 15) is 5.11 Å². The fraction of sp³-hybridized carbons (Fsp3) is 0.211. The van der Waals surface area contributed by atoms with E-state index in [-0.39, 0.29) is 11.8 Å². The fourth-order valence-electron chi connectivity index (χ4n) is 2.75. The van der Waals surface area contributed by atoms with Crippen LogP contribution >= 0.6 is 0 Å². The number of hydrogen-bond acceptors (Lipinski definition) is 3. The first-order valence-electron chi connectivity index (χ1n) is 7.47. The Morgan fingerprint density at radius 1 is 1.05 bits per heavy atom. The van der Waals surface area contributed by atoms with E-state index < -0.39 is 0 Å². The molecule has 1 aromatic heterocycles. The maximum atomic E-state index is 9.32. The Balaban J connectivity index is 1.85. The van der Waals surface area contributed by atoms with Gasteiger partial charge in [0.05, 0.1) is 11.9 Å². The summed E-state index contributed by atoms with van der Waals surface area (Å²) in [7, 11) is 2.10. The van der Waals surface area contributed by atoms with Gasteiger partial charge in [0.25, 0.3) is 0 Å². The standard InChI is InChI=1S/C19H20N2O/c1-14(21(2)13-16-10-11-17(22)12-20-16)18-9-5-7-15-6-3-4-8-19(15)18/h3-12,14,22H,13H2,1-2H3/t14-/m1/s1. The zero-order valence-corrected chi connectivity index (χ0v) is 12.9. The van der Waals surface area contributed by atoms with Crippen molar-refractivity contribution in [3.63, 3.8) is 0 Å². The molecular weight excluding hydrogens is 272 g/mol. The highest BCUT2D eigenvalue weighted by molar-refractivity contribution is 5.86. The van der Waals surface area contributed by atoms with Gasteiger partial charge in [-0.1, -0.05) is 42.5 Å². The molecule has 3 aromatic rings. The van der Waals surface area contributed by atoms with Crippen LogP contribution in [0.3, 0.4) is 0 Å². The van der Waals surface area contributed by atoms with E-state index in [1.54, 1.807) is 6.07 Å². The van der Waals surface area contributed by atoms with E-state index in [0.717, 1.165) is 12.2 Å². The Bertz CT molecular complexity index is 762. The lowest BCUT2D eigenvalue weighted by Crippen LogP contribution is -2.22. The summed E-state index contributed by atoms with van der Waals surface area (Å²) < 4.78 is 0. The third kappa shape index (κ3) is 2.95. The molecular formula is C19H20N2O. The average Bonchev–Trinajstić information content (AvgIpc) is 2.55. The van der Waals surface area contributed by atoms with Crippen LogP contribution in [0.15, 0.2) is 60.8 Å². The summed E-state index contributed by atoms with van der Waals surface area (Å²) in [5, 5.41) is 11.9. The summed E-state index contributed by atoms with van der Waals surface area (Å²) in [6, 6.07) is 18.7. The van der Waals surface area contributed by atoms with Crippen LogP contribution in [0.1, 0.15) is 24.2 Å². The average molecular weight is 292 g/mol. The molecule has 0 bridgehead atoms. The maximum absolute atomic E-state index is 9.32. The lowest BCUT2D eigenvalue weighted by Gasteiger charge is -2.26. The van der Waals surface area contributed by atoms with E-state index in [4.69, 9.17) is 0 Å². The van der Waals surface area contributed by atoms with Gasteiger partial charge in [0.1, 0.15) is 5.75 Å². The van der Waals surface area contributed by atoms with Crippen molar-refractivity contribution < 1.29 is 5.11 Å². The number of aromatic nitrogens is 1. The molecule has 0 amide bonds. The SMILES string of the molecule is C[C@H](c1cccc2ccccc12)N(C)Cc1ccc(O)cn1. The van der Waals surface area contributed by atoms with Gasteiger partial charge in [-0.2, -0.15) is 0 Å². The second kappa shape index (κ2) is 6.16. The highest BCUT2D eigenvalue weighted by Crippen LogP contribution is 2.28. The van der Waals surface area contributed by atoms with E-state index in [0.29, 0.717) is 0 Å². The molecule has 22 heavy (non-hydrogen) atoms. The molecule has 112 valence electrons. The van der Waals surface area contributed by atoms with Gasteiger partial charge >= 0.3 is 0 Å². The topological polar surface area (TPSA) is 36.4 Å². The Kier molecular flexibility index (Phi) is 4.07. The first-order valence-corrected chi connectivity index (χ1v) is 7.47. The molecule has 0 fully saturated rings. The number of pyridine rings is 1. The number of fused-ring (bicyclic) bond motifs is 1. The Morgan fingerprint density at radius 3 is 2.59 bits per heavy atom. The van der Waals surface area contributed by atoms with Crippen LogP contribution in [0.2, 0.25) is 0 Å². The molecule has 0 aliphatic heterocycles. The highest BCUT2D eigenvalue weighted by Gasteiger charge is 2.14. The molecule has 0 saturated carbocycles. The number of aromatic hydroxyl groups is 1. The minimum atomic E-state index is 0.202. The molecule has 0 spiro atoms. The van der Waals surface area contributed by atoms with Crippen LogP contribution in [0.5, 0.6) is 5.75 Å². The van der Waals surface area contributed by atoms with Crippen LogP contribution in [-0.4, -0.2) is 22.0 Å². The van der Waals surface area contributed by atoms with Gasteiger partial charge in [-0.3, -0.25) is 9.88 Å². The van der Waals surface area contributed by atoms with Crippen molar-refractivity contribution in [1.82, 2.24) is 9.88 Å². The lowest BCUT2D eigenvalue weighted by atomic mass is 9.99. The molecule has 3 nitrogen and oxygen atoms in total. The largest absolute Gasteiger partial charge is 0.506 e. The van der Waals surface area contributed by atoms with Gasteiger partial charge in [0.15, 0.2) is 0 Å². The maximum Gasteiger partial charge on any atom is 0.133 e. The molecule has 0 radical (unpaired) electrons. The van der Waals surface area contributed by atoms with Crippen LogP contribution in [-0.2, 0) is 6.54 Å². The summed E-state index contributed by atoms with van der Waals surface area (Å²) in [5.74, 6) is 0.202. The van der Waals surface area contributed by atoms with E-state index in [2.05, 4.69) is 66.3 Å². The predicted octanol–water partition coefficient (Wildman–Crippen LogP) is 4.13. The quantitative estimate of drug-likeness (QED) is 0.785. The van der Waals surface area contributed by atoms with Crippen LogP contribution in [0, 0.1) is 0 Å². The highest BCUT2D eigenvalue weighted by atomic mass is 16.3. The van der Waals surface area contributed by atoms with Gasteiger partial charge in [-0.15, -0.1) is 0 Å². The molecule has 1 N–H and O–H groups in total. The minimum absolute atomic E-state index is 0.202. The Morgan fingerprint density at radius 2 is 1.82 bits per heavy atom. The smallest absolute Gasteiger partial charge is 0.133 e. The summed E-state index contributed by atoms with van der Waals surface area (Å²) in [5.41, 5.74) is 2.27. The fourth-order valence-corrected chi connectivity index (χ4v) is 2.75. The molecule has 0 aliphatic rings. The van der Waals surface area contributed by atoms with Crippen LogP contribution < -0.4 is 0 Å². The van der Waals surface area contributed by atoms with Gasteiger partial charge < -0.3 is 5.11 Å². The van der Waals surface area contributed by atoms with Gasteiger partial charge in [-0.05, 0) is 42.4 Å². The van der Waals surface area contributed by atoms with Crippen molar-refractivity contribution in [1.29, 1.82) is 0 Å². The Labute approximate surface area is 130 Å². The number of benzene rings is 2. The molecule has 3 rings (SSSR count). The molecule has 2 aromatic carbocycles. The van der Waals surface area contributed by atoms with Crippen molar-refractivity contribution in [3.05, 3.63) is 72.1 Å². The molecule has 0 unspecified atom stereocenters. The lowest BCUT2D eigenvalue weighted by molar-refractivity contribution is 0.251. The molecule has 0 aliphatic carbocycles. The first-order chi connectivity index (χ1) is 10.6. The second-order valence-electron chi connectivity index (χ2n) is 5.67. The monoisotopic (exact) mass is 292 g/mol. The molecule has 1 atom stereocenters. The third-order valence-corrected chi connectivity index (χ3v) is 4.16. The minimum Gasteiger partial charge on any atom is -0.506 e. The summed E-state index contributed by atoms with van der Waals surface area (Å²) in [6.45, 7) is 2.95. The number of rotatable bonds is 4. The normalized spacial score (nSPS) is 12.7. The van der Waals surface area contributed by atoms with Crippen LogP contribution in [0.4, 0.5) is 0 Å². The van der Waals surface area contributed by atoms with E-state index in [1.165, 1.54) is 22.5 Å². The van der Waals surface area contributed by atoms with Crippen molar-refractivity contribution in [2.45, 2.75) is 19.5 Å². The third-order valence-electron chi connectivity index (χ3n) is 4.16. The van der Waals surface area contributed by atoms with Crippen molar-refractivity contribution in [2.24, 2.45) is 0 Å². The summed E-state index contributed by atoms with van der Waals surface area (Å²) >= 11 is 0. The number of nitrogens with zero attached hydrogens (tertiary/aromatic N) is 2. The summed E-state index contributed by atoms with van der Waals surface area (Å²) in [4.78, 5) is 6.53. The first kappa shape index (κ1) is 14.5. The van der Waals surface area contributed by atoms with Gasteiger partial charge in [-0.25, -0.2) is 0 Å².